The highest BCUT2D eigenvalue weighted by atomic mass is 32.2. The smallest absolute Gasteiger partial charge is 0.274 e. The Hall–Kier alpha value is -1.24. The Labute approximate surface area is 91.5 Å². The fourth-order valence-electron chi connectivity index (χ4n) is 1.07. The van der Waals surface area contributed by atoms with E-state index in [1.54, 1.807) is 0 Å². The molecule has 7 heteroatoms. The molecule has 0 spiro atoms. The number of anilines is 1. The summed E-state index contributed by atoms with van der Waals surface area (Å²) in [6.45, 7) is 0. The van der Waals surface area contributed by atoms with E-state index in [1.165, 1.54) is 19.2 Å². The summed E-state index contributed by atoms with van der Waals surface area (Å²) in [5, 5.41) is 0. The van der Waals surface area contributed by atoms with Crippen molar-refractivity contribution in [2.45, 2.75) is 6.18 Å². The second kappa shape index (κ2) is 3.97. The Morgan fingerprint density at radius 2 is 1.81 bits per heavy atom. The van der Waals surface area contributed by atoms with Crippen LogP contribution in [0, 0.1) is 0 Å². The first-order valence-corrected chi connectivity index (χ1v) is 6.08. The molecule has 0 aromatic heterocycles. The van der Waals surface area contributed by atoms with Crippen molar-refractivity contribution in [3.8, 4) is 0 Å². The standard InChI is InChI=1S/C9H10F3NO2S/c1-13(16(2,14)15)8-5-3-4-7(6-8)9(10,11)12/h3-6H,1-2H3. The third-order valence-corrected chi connectivity index (χ3v) is 3.24. The summed E-state index contributed by atoms with van der Waals surface area (Å²) in [7, 11) is -2.35. The number of halogens is 3. The number of benzene rings is 1. The average molecular weight is 253 g/mol. The van der Waals surface area contributed by atoms with Crippen molar-refractivity contribution >= 4 is 15.7 Å². The van der Waals surface area contributed by atoms with Gasteiger partial charge in [-0.05, 0) is 18.2 Å². The number of sulfonamides is 1. The Balaban J connectivity index is 3.19. The fraction of sp³-hybridized carbons (Fsp3) is 0.333. The summed E-state index contributed by atoms with van der Waals surface area (Å²) in [5.74, 6) is 0. The van der Waals surface area contributed by atoms with E-state index in [4.69, 9.17) is 0 Å². The lowest BCUT2D eigenvalue weighted by molar-refractivity contribution is -0.137. The van der Waals surface area contributed by atoms with Crippen LogP contribution >= 0.6 is 0 Å². The lowest BCUT2D eigenvalue weighted by atomic mass is 10.2. The second-order valence-corrected chi connectivity index (χ2v) is 5.29. The molecule has 0 atom stereocenters. The van der Waals surface area contributed by atoms with Gasteiger partial charge in [-0.15, -0.1) is 0 Å². The van der Waals surface area contributed by atoms with Crippen molar-refractivity contribution in [1.29, 1.82) is 0 Å². The minimum atomic E-state index is -4.48. The van der Waals surface area contributed by atoms with Crippen LogP contribution in [0.3, 0.4) is 0 Å². The number of alkyl halides is 3. The van der Waals surface area contributed by atoms with Crippen LogP contribution in [0.4, 0.5) is 18.9 Å². The Bertz CT molecular complexity index is 482. The van der Waals surface area contributed by atoms with Crippen molar-refractivity contribution in [3.05, 3.63) is 29.8 Å². The van der Waals surface area contributed by atoms with Crippen LogP contribution < -0.4 is 4.31 Å². The first-order chi connectivity index (χ1) is 7.12. The van der Waals surface area contributed by atoms with Crippen LogP contribution in [-0.2, 0) is 16.2 Å². The van der Waals surface area contributed by atoms with Gasteiger partial charge in [-0.25, -0.2) is 8.42 Å². The molecule has 1 rings (SSSR count). The summed E-state index contributed by atoms with van der Waals surface area (Å²) < 4.78 is 60.1. The monoisotopic (exact) mass is 253 g/mol. The largest absolute Gasteiger partial charge is 0.416 e. The van der Waals surface area contributed by atoms with Gasteiger partial charge in [-0.1, -0.05) is 6.07 Å². The van der Waals surface area contributed by atoms with Crippen LogP contribution in [0.5, 0.6) is 0 Å². The van der Waals surface area contributed by atoms with E-state index in [9.17, 15) is 21.6 Å². The number of nitrogens with zero attached hydrogens (tertiary/aromatic N) is 1. The number of hydrogen-bond acceptors (Lipinski definition) is 2. The molecule has 0 aliphatic heterocycles. The maximum Gasteiger partial charge on any atom is 0.416 e. The second-order valence-electron chi connectivity index (χ2n) is 3.28. The van der Waals surface area contributed by atoms with Crippen LogP contribution in [-0.4, -0.2) is 21.7 Å². The van der Waals surface area contributed by atoms with Gasteiger partial charge in [0.1, 0.15) is 0 Å². The molecular weight excluding hydrogens is 243 g/mol. The molecule has 3 nitrogen and oxygen atoms in total. The third-order valence-electron chi connectivity index (χ3n) is 2.03. The van der Waals surface area contributed by atoms with Crippen molar-refractivity contribution in [2.75, 3.05) is 17.6 Å². The quantitative estimate of drug-likeness (QED) is 0.809. The Kier molecular flexibility index (Phi) is 3.18. The van der Waals surface area contributed by atoms with Crippen LogP contribution in [0.1, 0.15) is 5.56 Å². The summed E-state index contributed by atoms with van der Waals surface area (Å²) in [6.07, 6.45) is -3.55. The lowest BCUT2D eigenvalue weighted by Gasteiger charge is -2.17. The van der Waals surface area contributed by atoms with Crippen LogP contribution in [0.25, 0.3) is 0 Å². The van der Waals surface area contributed by atoms with E-state index in [0.29, 0.717) is 0 Å². The normalized spacial score (nSPS) is 12.6. The maximum atomic E-state index is 12.4. The molecule has 0 aliphatic rings. The maximum absolute atomic E-state index is 12.4. The minimum absolute atomic E-state index is 0.0164. The van der Waals surface area contributed by atoms with Gasteiger partial charge >= 0.3 is 6.18 Å². The van der Waals surface area contributed by atoms with Gasteiger partial charge in [0.05, 0.1) is 17.5 Å². The molecule has 0 aliphatic carbocycles. The highest BCUT2D eigenvalue weighted by Crippen LogP contribution is 2.31. The Morgan fingerprint density at radius 1 is 1.25 bits per heavy atom. The van der Waals surface area contributed by atoms with Crippen LogP contribution in [0.2, 0.25) is 0 Å². The predicted octanol–water partition coefficient (Wildman–Crippen LogP) is 2.10. The predicted molar refractivity (Wildman–Crippen MR) is 54.7 cm³/mol. The third kappa shape index (κ3) is 2.88. The summed E-state index contributed by atoms with van der Waals surface area (Å²) in [6, 6.07) is 4.15. The highest BCUT2D eigenvalue weighted by molar-refractivity contribution is 7.92. The molecule has 90 valence electrons. The first-order valence-electron chi connectivity index (χ1n) is 4.23. The van der Waals surface area contributed by atoms with Gasteiger partial charge in [-0.3, -0.25) is 4.31 Å². The van der Waals surface area contributed by atoms with Gasteiger partial charge in [0.25, 0.3) is 0 Å². The topological polar surface area (TPSA) is 37.4 Å². The molecule has 16 heavy (non-hydrogen) atoms. The molecule has 0 saturated carbocycles. The van der Waals surface area contributed by atoms with E-state index in [1.807, 2.05) is 0 Å². The van der Waals surface area contributed by atoms with Gasteiger partial charge in [-0.2, -0.15) is 13.2 Å². The molecule has 0 fully saturated rings. The summed E-state index contributed by atoms with van der Waals surface area (Å²) >= 11 is 0. The molecule has 0 saturated heterocycles. The zero-order valence-electron chi connectivity index (χ0n) is 8.62. The van der Waals surface area contributed by atoms with Gasteiger partial charge < -0.3 is 0 Å². The van der Waals surface area contributed by atoms with E-state index in [2.05, 4.69) is 0 Å². The molecule has 1 aromatic carbocycles. The van der Waals surface area contributed by atoms with Crippen molar-refractivity contribution < 1.29 is 21.6 Å². The van der Waals surface area contributed by atoms with E-state index in [0.717, 1.165) is 22.7 Å². The lowest BCUT2D eigenvalue weighted by Crippen LogP contribution is -2.25. The van der Waals surface area contributed by atoms with Gasteiger partial charge in [0.15, 0.2) is 0 Å². The van der Waals surface area contributed by atoms with Crippen molar-refractivity contribution in [1.82, 2.24) is 0 Å². The molecule has 0 radical (unpaired) electrons. The van der Waals surface area contributed by atoms with Crippen LogP contribution in [0.15, 0.2) is 24.3 Å². The molecule has 0 N–H and O–H groups in total. The van der Waals surface area contributed by atoms with Gasteiger partial charge in [0, 0.05) is 7.05 Å². The molecule has 0 amide bonds. The zero-order chi connectivity index (χ0) is 12.6. The molecule has 0 unspecified atom stereocenters. The number of rotatable bonds is 2. The van der Waals surface area contributed by atoms with Crippen molar-refractivity contribution in [2.24, 2.45) is 0 Å². The summed E-state index contributed by atoms with van der Waals surface area (Å²) in [5.41, 5.74) is -0.891. The number of hydrogen-bond donors (Lipinski definition) is 0. The van der Waals surface area contributed by atoms with Gasteiger partial charge in [0.2, 0.25) is 10.0 Å². The summed E-state index contributed by atoms with van der Waals surface area (Å²) in [4.78, 5) is 0. The van der Waals surface area contributed by atoms with E-state index < -0.39 is 21.8 Å². The van der Waals surface area contributed by atoms with Crippen molar-refractivity contribution in [3.63, 3.8) is 0 Å². The van der Waals surface area contributed by atoms with E-state index >= 15 is 0 Å². The molecule has 0 heterocycles. The SMILES string of the molecule is CN(c1cccc(C(F)(F)F)c1)S(C)(=O)=O. The zero-order valence-corrected chi connectivity index (χ0v) is 9.43. The first kappa shape index (κ1) is 12.8. The minimum Gasteiger partial charge on any atom is -0.274 e. The fourth-order valence-corrected chi connectivity index (χ4v) is 1.57. The Morgan fingerprint density at radius 3 is 2.25 bits per heavy atom. The average Bonchev–Trinajstić information content (AvgIpc) is 2.14. The molecule has 1 aromatic rings. The molecule has 0 bridgehead atoms. The highest BCUT2D eigenvalue weighted by Gasteiger charge is 2.31. The van der Waals surface area contributed by atoms with E-state index in [-0.39, 0.29) is 5.69 Å². The molecular formula is C9H10F3NO2S.